The van der Waals surface area contributed by atoms with Gasteiger partial charge in [0.05, 0.1) is 19.0 Å². The number of H-pyrrole nitrogens is 1. The number of hydrogen-bond donors (Lipinski definition) is 2. The van der Waals surface area contributed by atoms with Gasteiger partial charge in [-0.15, -0.1) is 0 Å². The summed E-state index contributed by atoms with van der Waals surface area (Å²) in [6, 6.07) is 0. The van der Waals surface area contributed by atoms with Gasteiger partial charge in [-0.3, -0.25) is 9.59 Å². The van der Waals surface area contributed by atoms with E-state index in [9.17, 15) is 9.59 Å². The van der Waals surface area contributed by atoms with Crippen molar-refractivity contribution in [2.45, 2.75) is 26.9 Å². The van der Waals surface area contributed by atoms with E-state index in [0.717, 1.165) is 0 Å². The van der Waals surface area contributed by atoms with E-state index in [2.05, 4.69) is 15.3 Å². The van der Waals surface area contributed by atoms with Crippen LogP contribution in [0.1, 0.15) is 41.7 Å². The third-order valence-electron chi connectivity index (χ3n) is 2.04. The predicted octanol–water partition coefficient (Wildman–Crippen LogP) is 0.767. The zero-order valence-corrected chi connectivity index (χ0v) is 10.2. The molecule has 0 fully saturated rings. The number of Topliss-reactive ketones (excluding diaryl/α,β-unsaturated/α-hetero) is 1. The van der Waals surface area contributed by atoms with Crippen molar-refractivity contribution in [1.82, 2.24) is 15.3 Å². The van der Waals surface area contributed by atoms with Gasteiger partial charge < -0.3 is 15.0 Å². The standard InChI is InChI=1S/C11H17N3O3/c1-7(2)17-5-4-12-11(16)10-9(8(3)15)13-6-14-10/h6-7H,4-5H2,1-3H3,(H,12,16)(H,13,14). The van der Waals surface area contributed by atoms with E-state index >= 15 is 0 Å². The Morgan fingerprint density at radius 2 is 2.24 bits per heavy atom. The van der Waals surface area contributed by atoms with E-state index in [1.165, 1.54) is 13.3 Å². The van der Waals surface area contributed by atoms with Gasteiger partial charge in [0.1, 0.15) is 11.4 Å². The average Bonchev–Trinajstić information content (AvgIpc) is 2.72. The minimum absolute atomic E-state index is 0.131. The Kier molecular flexibility index (Phi) is 4.84. The van der Waals surface area contributed by atoms with Crippen LogP contribution >= 0.6 is 0 Å². The molecule has 0 saturated carbocycles. The van der Waals surface area contributed by atoms with Gasteiger partial charge in [-0.05, 0) is 13.8 Å². The Bertz CT molecular complexity index is 398. The molecule has 0 unspecified atom stereocenters. The largest absolute Gasteiger partial charge is 0.377 e. The van der Waals surface area contributed by atoms with Crippen LogP contribution in [0.25, 0.3) is 0 Å². The highest BCUT2D eigenvalue weighted by Gasteiger charge is 2.16. The molecule has 1 rings (SSSR count). The first-order valence-electron chi connectivity index (χ1n) is 5.46. The number of ketones is 1. The van der Waals surface area contributed by atoms with Gasteiger partial charge in [0.15, 0.2) is 5.78 Å². The molecule has 17 heavy (non-hydrogen) atoms. The van der Waals surface area contributed by atoms with Crippen molar-refractivity contribution in [2.24, 2.45) is 0 Å². The summed E-state index contributed by atoms with van der Waals surface area (Å²) in [6.45, 7) is 6.05. The number of ether oxygens (including phenoxy) is 1. The minimum Gasteiger partial charge on any atom is -0.377 e. The highest BCUT2D eigenvalue weighted by molar-refractivity contribution is 6.04. The summed E-state index contributed by atoms with van der Waals surface area (Å²) in [7, 11) is 0. The molecule has 0 saturated heterocycles. The molecule has 0 aliphatic heterocycles. The van der Waals surface area contributed by atoms with E-state index in [0.29, 0.717) is 13.2 Å². The first kappa shape index (κ1) is 13.4. The molecular weight excluding hydrogens is 222 g/mol. The van der Waals surface area contributed by atoms with Crippen LogP contribution in [0.2, 0.25) is 0 Å². The maximum Gasteiger partial charge on any atom is 0.270 e. The van der Waals surface area contributed by atoms with Gasteiger partial charge in [-0.1, -0.05) is 0 Å². The molecule has 1 aromatic rings. The Balaban J connectivity index is 2.47. The van der Waals surface area contributed by atoms with Crippen molar-refractivity contribution in [3.8, 4) is 0 Å². The topological polar surface area (TPSA) is 84.1 Å². The first-order chi connectivity index (χ1) is 8.02. The molecular formula is C11H17N3O3. The number of aromatic amines is 1. The van der Waals surface area contributed by atoms with Crippen LogP contribution in [0.5, 0.6) is 0 Å². The molecule has 6 heteroatoms. The molecule has 6 nitrogen and oxygen atoms in total. The van der Waals surface area contributed by atoms with Crippen molar-refractivity contribution in [3.05, 3.63) is 17.7 Å². The Labute approximate surface area is 99.8 Å². The highest BCUT2D eigenvalue weighted by atomic mass is 16.5. The highest BCUT2D eigenvalue weighted by Crippen LogP contribution is 2.03. The fourth-order valence-electron chi connectivity index (χ4n) is 1.28. The summed E-state index contributed by atoms with van der Waals surface area (Å²) in [4.78, 5) is 29.3. The first-order valence-corrected chi connectivity index (χ1v) is 5.46. The monoisotopic (exact) mass is 239 g/mol. The SMILES string of the molecule is CC(=O)c1nc[nH]c1C(=O)NCCOC(C)C. The molecule has 0 spiro atoms. The van der Waals surface area contributed by atoms with E-state index in [4.69, 9.17) is 4.74 Å². The summed E-state index contributed by atoms with van der Waals surface area (Å²) >= 11 is 0. The molecule has 1 aromatic heterocycles. The van der Waals surface area contributed by atoms with Crippen molar-refractivity contribution in [3.63, 3.8) is 0 Å². The summed E-state index contributed by atoms with van der Waals surface area (Å²) in [5, 5.41) is 2.65. The van der Waals surface area contributed by atoms with Crippen molar-refractivity contribution >= 4 is 11.7 Å². The molecule has 1 amide bonds. The van der Waals surface area contributed by atoms with Crippen molar-refractivity contribution < 1.29 is 14.3 Å². The lowest BCUT2D eigenvalue weighted by Gasteiger charge is -2.08. The number of imidazole rings is 1. The van der Waals surface area contributed by atoms with Crippen molar-refractivity contribution in [2.75, 3.05) is 13.2 Å². The van der Waals surface area contributed by atoms with Gasteiger partial charge >= 0.3 is 0 Å². The zero-order chi connectivity index (χ0) is 12.8. The number of amides is 1. The number of hydrogen-bond acceptors (Lipinski definition) is 4. The number of aromatic nitrogens is 2. The molecule has 2 N–H and O–H groups in total. The van der Waals surface area contributed by atoms with Gasteiger partial charge in [-0.25, -0.2) is 4.98 Å². The fraction of sp³-hybridized carbons (Fsp3) is 0.545. The van der Waals surface area contributed by atoms with Crippen LogP contribution in [-0.4, -0.2) is 40.9 Å². The molecule has 1 heterocycles. The Morgan fingerprint density at radius 3 is 2.82 bits per heavy atom. The molecule has 0 aliphatic carbocycles. The van der Waals surface area contributed by atoms with Crippen LogP contribution in [-0.2, 0) is 4.74 Å². The fourth-order valence-corrected chi connectivity index (χ4v) is 1.28. The van der Waals surface area contributed by atoms with Crippen LogP contribution in [0.15, 0.2) is 6.33 Å². The second-order valence-electron chi connectivity index (χ2n) is 3.86. The molecule has 0 aromatic carbocycles. The van der Waals surface area contributed by atoms with Gasteiger partial charge in [0.25, 0.3) is 5.91 Å². The lowest BCUT2D eigenvalue weighted by molar-refractivity contribution is 0.0744. The van der Waals surface area contributed by atoms with Crippen LogP contribution < -0.4 is 5.32 Å². The molecule has 94 valence electrons. The van der Waals surface area contributed by atoms with E-state index < -0.39 is 0 Å². The Hall–Kier alpha value is -1.69. The quantitative estimate of drug-likeness (QED) is 0.567. The Morgan fingerprint density at radius 1 is 1.53 bits per heavy atom. The van der Waals surface area contributed by atoms with Gasteiger partial charge in [-0.2, -0.15) is 0 Å². The summed E-state index contributed by atoms with van der Waals surface area (Å²) in [5.74, 6) is -0.588. The van der Waals surface area contributed by atoms with E-state index in [1.54, 1.807) is 0 Å². The maximum atomic E-state index is 11.7. The number of carbonyl (C=O) groups excluding carboxylic acids is 2. The second kappa shape index (κ2) is 6.15. The average molecular weight is 239 g/mol. The summed E-state index contributed by atoms with van der Waals surface area (Å²) in [5.41, 5.74) is 0.356. The second-order valence-corrected chi connectivity index (χ2v) is 3.86. The number of rotatable bonds is 6. The van der Waals surface area contributed by atoms with Gasteiger partial charge in [0, 0.05) is 13.5 Å². The smallest absolute Gasteiger partial charge is 0.270 e. The number of carbonyl (C=O) groups is 2. The zero-order valence-electron chi connectivity index (χ0n) is 10.2. The maximum absolute atomic E-state index is 11.7. The lowest BCUT2D eigenvalue weighted by Crippen LogP contribution is -2.29. The normalized spacial score (nSPS) is 10.6. The van der Waals surface area contributed by atoms with E-state index in [-0.39, 0.29) is 29.2 Å². The van der Waals surface area contributed by atoms with Crippen LogP contribution in [0, 0.1) is 0 Å². The predicted molar refractivity (Wildman–Crippen MR) is 62.0 cm³/mol. The lowest BCUT2D eigenvalue weighted by atomic mass is 10.2. The van der Waals surface area contributed by atoms with Crippen LogP contribution in [0.4, 0.5) is 0 Å². The minimum atomic E-state index is -0.347. The number of nitrogens with zero attached hydrogens (tertiary/aromatic N) is 1. The molecule has 0 atom stereocenters. The molecule has 0 bridgehead atoms. The van der Waals surface area contributed by atoms with Crippen molar-refractivity contribution in [1.29, 1.82) is 0 Å². The number of nitrogens with one attached hydrogen (secondary N) is 2. The third kappa shape index (κ3) is 3.99. The molecule has 0 aliphatic rings. The summed E-state index contributed by atoms with van der Waals surface area (Å²) < 4.78 is 5.28. The van der Waals surface area contributed by atoms with E-state index in [1.807, 2.05) is 13.8 Å². The molecule has 0 radical (unpaired) electrons. The van der Waals surface area contributed by atoms with Gasteiger partial charge in [0.2, 0.25) is 0 Å². The summed E-state index contributed by atoms with van der Waals surface area (Å²) in [6.07, 6.45) is 1.46. The third-order valence-corrected chi connectivity index (χ3v) is 2.04. The van der Waals surface area contributed by atoms with Crippen LogP contribution in [0.3, 0.4) is 0 Å².